The second-order valence-electron chi connectivity index (χ2n) is 5.03. The smallest absolute Gasteiger partial charge is 0.125 e. The topological polar surface area (TPSA) is 47.9 Å². The summed E-state index contributed by atoms with van der Waals surface area (Å²) in [5.74, 6) is 2.58. The van der Waals surface area contributed by atoms with Gasteiger partial charge in [0.05, 0.1) is 21.3 Å². The van der Waals surface area contributed by atoms with Crippen LogP contribution in [0.3, 0.4) is 0 Å². The molecule has 0 saturated heterocycles. The van der Waals surface area contributed by atoms with Crippen molar-refractivity contribution < 1.29 is 19.3 Å². The molecule has 0 saturated carbocycles. The summed E-state index contributed by atoms with van der Waals surface area (Å²) in [5.41, 5.74) is 2.24. The largest absolute Gasteiger partial charge is 0.508 e. The van der Waals surface area contributed by atoms with E-state index in [0.717, 1.165) is 47.6 Å². The van der Waals surface area contributed by atoms with Gasteiger partial charge in [0.1, 0.15) is 23.0 Å². The molecule has 2 aromatic rings. The normalized spacial score (nSPS) is 10.3. The zero-order valence-corrected chi connectivity index (χ0v) is 13.3. The van der Waals surface area contributed by atoms with Crippen molar-refractivity contribution in [3.8, 4) is 23.0 Å². The molecule has 4 nitrogen and oxygen atoms in total. The minimum atomic E-state index is 0.220. The highest BCUT2D eigenvalue weighted by Gasteiger charge is 2.07. The SMILES string of the molecule is COc1ccc(CCCc2ccc(O)cc2OC)c(OC)c1. The van der Waals surface area contributed by atoms with Gasteiger partial charge in [-0.25, -0.2) is 0 Å². The quantitative estimate of drug-likeness (QED) is 0.849. The molecular formula is C18H22O4. The molecule has 0 aliphatic heterocycles. The van der Waals surface area contributed by atoms with Crippen LogP contribution in [-0.2, 0) is 12.8 Å². The van der Waals surface area contributed by atoms with Gasteiger partial charge in [-0.3, -0.25) is 0 Å². The van der Waals surface area contributed by atoms with E-state index in [4.69, 9.17) is 14.2 Å². The number of phenols is 1. The summed E-state index contributed by atoms with van der Waals surface area (Å²) in [6.45, 7) is 0. The fourth-order valence-corrected chi connectivity index (χ4v) is 2.47. The van der Waals surface area contributed by atoms with Crippen LogP contribution in [0.2, 0.25) is 0 Å². The Kier molecular flexibility index (Phi) is 5.53. The first-order valence-corrected chi connectivity index (χ1v) is 7.24. The van der Waals surface area contributed by atoms with Crippen LogP contribution < -0.4 is 14.2 Å². The summed E-state index contributed by atoms with van der Waals surface area (Å²) >= 11 is 0. The third kappa shape index (κ3) is 3.85. The van der Waals surface area contributed by atoms with Crippen molar-refractivity contribution in [2.75, 3.05) is 21.3 Å². The lowest BCUT2D eigenvalue weighted by atomic mass is 10.0. The molecule has 2 aromatic carbocycles. The van der Waals surface area contributed by atoms with Crippen LogP contribution in [0.1, 0.15) is 17.5 Å². The van der Waals surface area contributed by atoms with Crippen LogP contribution in [0, 0.1) is 0 Å². The average Bonchev–Trinajstić information content (AvgIpc) is 2.56. The van der Waals surface area contributed by atoms with Gasteiger partial charge in [-0.15, -0.1) is 0 Å². The van der Waals surface area contributed by atoms with E-state index in [0.29, 0.717) is 0 Å². The fourth-order valence-electron chi connectivity index (χ4n) is 2.47. The van der Waals surface area contributed by atoms with Gasteiger partial charge in [0.2, 0.25) is 0 Å². The molecule has 0 aliphatic carbocycles. The molecule has 0 fully saturated rings. The molecule has 0 heterocycles. The Bertz CT molecular complexity index is 622. The van der Waals surface area contributed by atoms with E-state index in [1.807, 2.05) is 24.3 Å². The minimum absolute atomic E-state index is 0.220. The van der Waals surface area contributed by atoms with E-state index in [2.05, 4.69) is 0 Å². The Labute approximate surface area is 131 Å². The third-order valence-electron chi connectivity index (χ3n) is 3.66. The highest BCUT2D eigenvalue weighted by atomic mass is 16.5. The molecule has 0 amide bonds. The molecule has 0 spiro atoms. The van der Waals surface area contributed by atoms with Crippen LogP contribution in [0.25, 0.3) is 0 Å². The lowest BCUT2D eigenvalue weighted by Gasteiger charge is -2.11. The van der Waals surface area contributed by atoms with Crippen molar-refractivity contribution in [3.63, 3.8) is 0 Å². The molecule has 0 aromatic heterocycles. The maximum atomic E-state index is 9.48. The maximum absolute atomic E-state index is 9.48. The summed E-state index contributed by atoms with van der Waals surface area (Å²) < 4.78 is 15.9. The van der Waals surface area contributed by atoms with Crippen molar-refractivity contribution in [3.05, 3.63) is 47.5 Å². The monoisotopic (exact) mass is 302 g/mol. The summed E-state index contributed by atoms with van der Waals surface area (Å²) in [6, 6.07) is 11.1. The third-order valence-corrected chi connectivity index (χ3v) is 3.66. The number of methoxy groups -OCH3 is 3. The van der Waals surface area contributed by atoms with Gasteiger partial charge in [-0.1, -0.05) is 12.1 Å². The molecule has 0 bridgehead atoms. The van der Waals surface area contributed by atoms with Crippen molar-refractivity contribution in [1.82, 2.24) is 0 Å². The number of benzene rings is 2. The average molecular weight is 302 g/mol. The number of rotatable bonds is 7. The number of hydrogen-bond acceptors (Lipinski definition) is 4. The van der Waals surface area contributed by atoms with Crippen LogP contribution in [0.5, 0.6) is 23.0 Å². The van der Waals surface area contributed by atoms with Gasteiger partial charge >= 0.3 is 0 Å². The van der Waals surface area contributed by atoms with E-state index in [1.165, 1.54) is 0 Å². The van der Waals surface area contributed by atoms with E-state index >= 15 is 0 Å². The Morgan fingerprint density at radius 1 is 0.773 bits per heavy atom. The zero-order chi connectivity index (χ0) is 15.9. The minimum Gasteiger partial charge on any atom is -0.508 e. The molecule has 4 heteroatoms. The second-order valence-corrected chi connectivity index (χ2v) is 5.03. The molecule has 2 rings (SSSR count). The highest BCUT2D eigenvalue weighted by molar-refractivity contribution is 5.42. The molecule has 118 valence electrons. The summed E-state index contributed by atoms with van der Waals surface area (Å²) in [5, 5.41) is 9.48. The Hall–Kier alpha value is -2.36. The number of phenolic OH excluding ortho intramolecular Hbond substituents is 1. The van der Waals surface area contributed by atoms with Crippen LogP contribution in [-0.4, -0.2) is 26.4 Å². The first kappa shape index (κ1) is 16.0. The summed E-state index contributed by atoms with van der Waals surface area (Å²) in [7, 11) is 4.93. The van der Waals surface area contributed by atoms with Gasteiger partial charge in [-0.2, -0.15) is 0 Å². The standard InChI is InChI=1S/C18H22O4/c1-20-16-10-8-14(18(12-16)22-3)6-4-5-13-7-9-15(19)11-17(13)21-2/h7-12,19H,4-6H2,1-3H3. The maximum Gasteiger partial charge on any atom is 0.125 e. The molecule has 22 heavy (non-hydrogen) atoms. The predicted molar refractivity (Wildman–Crippen MR) is 86.2 cm³/mol. The van der Waals surface area contributed by atoms with Gasteiger partial charge in [0.25, 0.3) is 0 Å². The van der Waals surface area contributed by atoms with Gasteiger partial charge in [0, 0.05) is 12.1 Å². The van der Waals surface area contributed by atoms with E-state index < -0.39 is 0 Å². The zero-order valence-electron chi connectivity index (χ0n) is 13.3. The van der Waals surface area contributed by atoms with Crippen molar-refractivity contribution in [1.29, 1.82) is 0 Å². The highest BCUT2D eigenvalue weighted by Crippen LogP contribution is 2.28. The Morgan fingerprint density at radius 2 is 1.36 bits per heavy atom. The number of aromatic hydroxyl groups is 1. The molecule has 0 unspecified atom stereocenters. The second kappa shape index (κ2) is 7.59. The first-order chi connectivity index (χ1) is 10.7. The number of hydrogen-bond donors (Lipinski definition) is 1. The Morgan fingerprint density at radius 3 is 1.95 bits per heavy atom. The lowest BCUT2D eigenvalue weighted by molar-refractivity contribution is 0.390. The van der Waals surface area contributed by atoms with Crippen molar-refractivity contribution in [2.24, 2.45) is 0 Å². The molecule has 0 atom stereocenters. The lowest BCUT2D eigenvalue weighted by Crippen LogP contribution is -1.97. The van der Waals surface area contributed by atoms with E-state index in [1.54, 1.807) is 33.5 Å². The summed E-state index contributed by atoms with van der Waals surface area (Å²) in [4.78, 5) is 0. The van der Waals surface area contributed by atoms with E-state index in [9.17, 15) is 5.11 Å². The van der Waals surface area contributed by atoms with Crippen molar-refractivity contribution >= 4 is 0 Å². The fraction of sp³-hybridized carbons (Fsp3) is 0.333. The molecule has 1 N–H and O–H groups in total. The Balaban J connectivity index is 2.02. The number of aryl methyl sites for hydroxylation is 2. The molecular weight excluding hydrogens is 280 g/mol. The predicted octanol–water partition coefficient (Wildman–Crippen LogP) is 3.59. The van der Waals surface area contributed by atoms with Gasteiger partial charge in [-0.05, 0) is 42.5 Å². The van der Waals surface area contributed by atoms with Crippen LogP contribution in [0.15, 0.2) is 36.4 Å². The number of ether oxygens (including phenoxy) is 3. The molecule has 0 aliphatic rings. The van der Waals surface area contributed by atoms with Gasteiger partial charge < -0.3 is 19.3 Å². The van der Waals surface area contributed by atoms with E-state index in [-0.39, 0.29) is 5.75 Å². The summed E-state index contributed by atoms with van der Waals surface area (Å²) in [6.07, 6.45) is 2.74. The first-order valence-electron chi connectivity index (χ1n) is 7.24. The van der Waals surface area contributed by atoms with Crippen LogP contribution in [0.4, 0.5) is 0 Å². The van der Waals surface area contributed by atoms with Gasteiger partial charge in [0.15, 0.2) is 0 Å². The van der Waals surface area contributed by atoms with Crippen LogP contribution >= 0.6 is 0 Å². The molecule has 0 radical (unpaired) electrons. The van der Waals surface area contributed by atoms with Crippen molar-refractivity contribution in [2.45, 2.75) is 19.3 Å².